The van der Waals surface area contributed by atoms with Gasteiger partial charge in [-0.25, -0.2) is 13.1 Å². The highest BCUT2D eigenvalue weighted by atomic mass is 35.5. The summed E-state index contributed by atoms with van der Waals surface area (Å²) in [5.41, 5.74) is 6.17. The number of anilines is 1. The maximum Gasteiger partial charge on any atom is 0.240 e. The molecule has 0 bridgehead atoms. The van der Waals surface area contributed by atoms with Crippen LogP contribution in [-0.2, 0) is 10.0 Å². The van der Waals surface area contributed by atoms with Gasteiger partial charge in [0.1, 0.15) is 0 Å². The van der Waals surface area contributed by atoms with Crippen molar-refractivity contribution in [2.24, 2.45) is 11.3 Å². The molecule has 4 nitrogen and oxygen atoms in total. The minimum Gasteiger partial charge on any atom is -0.397 e. The zero-order valence-corrected chi connectivity index (χ0v) is 12.1. The third kappa shape index (κ3) is 2.59. The predicted octanol–water partition coefficient (Wildman–Crippen LogP) is 2.39. The van der Waals surface area contributed by atoms with Crippen LogP contribution >= 0.6 is 11.6 Å². The number of hydrogen-bond donors (Lipinski definition) is 2. The van der Waals surface area contributed by atoms with Crippen LogP contribution in [0.2, 0.25) is 5.02 Å². The van der Waals surface area contributed by atoms with Gasteiger partial charge in [-0.05, 0) is 55.2 Å². The molecule has 0 spiro atoms. The molecule has 104 valence electrons. The average Bonchev–Trinajstić information content (AvgIpc) is 3.23. The van der Waals surface area contributed by atoms with Crippen molar-refractivity contribution in [2.75, 3.05) is 12.3 Å². The second kappa shape index (κ2) is 4.36. The Morgan fingerprint density at radius 2 is 2.05 bits per heavy atom. The van der Waals surface area contributed by atoms with E-state index >= 15 is 0 Å². The molecule has 2 aliphatic carbocycles. The predicted molar refractivity (Wildman–Crippen MR) is 75.4 cm³/mol. The molecule has 0 saturated heterocycles. The molecule has 2 saturated carbocycles. The summed E-state index contributed by atoms with van der Waals surface area (Å²) in [6.07, 6.45) is 4.77. The van der Waals surface area contributed by atoms with Crippen LogP contribution in [0.15, 0.2) is 23.1 Å². The summed E-state index contributed by atoms with van der Waals surface area (Å²) in [6, 6.07) is 4.40. The first-order valence-corrected chi connectivity index (χ1v) is 8.34. The number of nitrogens with one attached hydrogen (secondary N) is 1. The number of hydrogen-bond acceptors (Lipinski definition) is 3. The molecule has 1 aromatic carbocycles. The number of nitrogens with two attached hydrogens (primary N) is 1. The van der Waals surface area contributed by atoms with Gasteiger partial charge in [-0.3, -0.25) is 0 Å². The van der Waals surface area contributed by atoms with Crippen LogP contribution in [0.4, 0.5) is 5.69 Å². The van der Waals surface area contributed by atoms with Gasteiger partial charge in [0, 0.05) is 6.54 Å². The Hall–Kier alpha value is -0.780. The van der Waals surface area contributed by atoms with E-state index in [1.54, 1.807) is 0 Å². The van der Waals surface area contributed by atoms with Gasteiger partial charge < -0.3 is 5.73 Å². The Bertz CT molecular complexity index is 607. The van der Waals surface area contributed by atoms with Crippen LogP contribution in [0.5, 0.6) is 0 Å². The molecule has 3 rings (SSSR count). The third-order valence-corrected chi connectivity index (χ3v) is 5.97. The normalized spacial score (nSPS) is 21.3. The van der Waals surface area contributed by atoms with Crippen molar-refractivity contribution in [3.05, 3.63) is 23.2 Å². The van der Waals surface area contributed by atoms with Crippen molar-refractivity contribution in [1.82, 2.24) is 4.72 Å². The van der Waals surface area contributed by atoms with Gasteiger partial charge in [-0.2, -0.15) is 0 Å². The summed E-state index contributed by atoms with van der Waals surface area (Å²) in [5.74, 6) is 0.727. The van der Waals surface area contributed by atoms with Gasteiger partial charge in [0.25, 0.3) is 0 Å². The Morgan fingerprint density at radius 3 is 2.58 bits per heavy atom. The molecular formula is C13H17ClN2O2S. The zero-order chi connectivity index (χ0) is 13.7. The lowest BCUT2D eigenvalue weighted by Gasteiger charge is -2.15. The highest BCUT2D eigenvalue weighted by molar-refractivity contribution is 7.89. The molecule has 2 fully saturated rings. The summed E-state index contributed by atoms with van der Waals surface area (Å²) in [7, 11) is -3.49. The number of sulfonamides is 1. The van der Waals surface area contributed by atoms with E-state index in [0.717, 1.165) is 18.8 Å². The van der Waals surface area contributed by atoms with Crippen LogP contribution in [0, 0.1) is 11.3 Å². The molecule has 0 unspecified atom stereocenters. The van der Waals surface area contributed by atoms with Gasteiger partial charge >= 0.3 is 0 Å². The molecular weight excluding hydrogens is 284 g/mol. The Balaban J connectivity index is 1.73. The molecule has 6 heteroatoms. The first-order chi connectivity index (χ1) is 8.93. The maximum absolute atomic E-state index is 12.2. The van der Waals surface area contributed by atoms with E-state index in [9.17, 15) is 8.42 Å². The maximum atomic E-state index is 12.2. The van der Waals surface area contributed by atoms with E-state index < -0.39 is 10.0 Å². The summed E-state index contributed by atoms with van der Waals surface area (Å²) < 4.78 is 27.1. The van der Waals surface area contributed by atoms with Gasteiger partial charge in [-0.1, -0.05) is 11.6 Å². The monoisotopic (exact) mass is 300 g/mol. The molecule has 2 aliphatic rings. The lowest BCUT2D eigenvalue weighted by atomic mass is 10.0. The van der Waals surface area contributed by atoms with E-state index in [1.165, 1.54) is 31.0 Å². The van der Waals surface area contributed by atoms with Crippen LogP contribution in [0.3, 0.4) is 0 Å². The zero-order valence-electron chi connectivity index (χ0n) is 10.5. The highest BCUT2D eigenvalue weighted by Gasteiger charge is 2.53. The lowest BCUT2D eigenvalue weighted by Crippen LogP contribution is -2.31. The van der Waals surface area contributed by atoms with Crippen molar-refractivity contribution in [2.45, 2.75) is 30.6 Å². The smallest absolute Gasteiger partial charge is 0.240 e. The number of halogens is 1. The fourth-order valence-corrected chi connectivity index (χ4v) is 3.89. The SMILES string of the molecule is Nc1cc(S(=O)(=O)NCC2(C3CC3)CC2)ccc1Cl. The van der Waals surface area contributed by atoms with Gasteiger partial charge in [0.2, 0.25) is 10.0 Å². The standard InChI is InChI=1S/C13H17ClN2O2S/c14-11-4-3-10(7-12(11)15)19(17,18)16-8-13(5-6-13)9-1-2-9/h3-4,7,9,16H,1-2,5-6,8,15H2. The van der Waals surface area contributed by atoms with Crippen LogP contribution in [0.1, 0.15) is 25.7 Å². The molecule has 0 aromatic heterocycles. The molecule has 0 radical (unpaired) electrons. The van der Waals surface area contributed by atoms with Crippen molar-refractivity contribution in [3.63, 3.8) is 0 Å². The minimum atomic E-state index is -3.49. The highest BCUT2D eigenvalue weighted by Crippen LogP contribution is 2.60. The van der Waals surface area contributed by atoms with Gasteiger partial charge in [-0.15, -0.1) is 0 Å². The van der Waals surface area contributed by atoms with E-state index in [-0.39, 0.29) is 16.0 Å². The Labute approximate surface area is 118 Å². The summed E-state index contributed by atoms with van der Waals surface area (Å²) >= 11 is 5.80. The quantitative estimate of drug-likeness (QED) is 0.820. The molecule has 1 aromatic rings. The van der Waals surface area contributed by atoms with E-state index in [1.807, 2.05) is 0 Å². The largest absolute Gasteiger partial charge is 0.397 e. The molecule has 19 heavy (non-hydrogen) atoms. The molecule has 0 amide bonds. The summed E-state index contributed by atoms with van der Waals surface area (Å²) in [4.78, 5) is 0.181. The summed E-state index contributed by atoms with van der Waals surface area (Å²) in [6.45, 7) is 0.544. The number of nitrogen functional groups attached to an aromatic ring is 1. The Kier molecular flexibility index (Phi) is 3.04. The molecule has 0 heterocycles. The van der Waals surface area contributed by atoms with Crippen molar-refractivity contribution >= 4 is 27.3 Å². The van der Waals surface area contributed by atoms with E-state index in [0.29, 0.717) is 11.6 Å². The van der Waals surface area contributed by atoms with E-state index in [4.69, 9.17) is 17.3 Å². The van der Waals surface area contributed by atoms with Crippen molar-refractivity contribution in [1.29, 1.82) is 0 Å². The fourth-order valence-electron chi connectivity index (χ4n) is 2.60. The second-order valence-corrected chi connectivity index (χ2v) is 7.82. The molecule has 0 atom stereocenters. The van der Waals surface area contributed by atoms with Crippen LogP contribution in [0.25, 0.3) is 0 Å². The van der Waals surface area contributed by atoms with Crippen molar-refractivity contribution in [3.8, 4) is 0 Å². The minimum absolute atomic E-state index is 0.181. The van der Waals surface area contributed by atoms with E-state index in [2.05, 4.69) is 4.72 Å². The number of benzene rings is 1. The summed E-state index contributed by atoms with van der Waals surface area (Å²) in [5, 5.41) is 0.371. The topological polar surface area (TPSA) is 72.2 Å². The fraction of sp³-hybridized carbons (Fsp3) is 0.538. The Morgan fingerprint density at radius 1 is 1.37 bits per heavy atom. The van der Waals surface area contributed by atoms with Gasteiger partial charge in [0.15, 0.2) is 0 Å². The van der Waals surface area contributed by atoms with Crippen molar-refractivity contribution < 1.29 is 8.42 Å². The molecule has 0 aliphatic heterocycles. The first kappa shape index (κ1) is 13.2. The molecule has 3 N–H and O–H groups in total. The van der Waals surface area contributed by atoms with Crippen LogP contribution in [-0.4, -0.2) is 15.0 Å². The number of rotatable bonds is 5. The van der Waals surface area contributed by atoms with Gasteiger partial charge in [0.05, 0.1) is 15.6 Å². The third-order valence-electron chi connectivity index (χ3n) is 4.23. The van der Waals surface area contributed by atoms with Crippen LogP contribution < -0.4 is 10.5 Å². The first-order valence-electron chi connectivity index (χ1n) is 6.48. The second-order valence-electron chi connectivity index (χ2n) is 5.64. The average molecular weight is 301 g/mol. The lowest BCUT2D eigenvalue weighted by molar-refractivity contribution is 0.432.